The molecule has 0 bridgehead atoms. The van der Waals surface area contributed by atoms with Crippen molar-refractivity contribution in [2.24, 2.45) is 4.99 Å². The summed E-state index contributed by atoms with van der Waals surface area (Å²) in [5, 5.41) is 0. The van der Waals surface area contributed by atoms with Gasteiger partial charge in [0, 0.05) is 12.4 Å². The van der Waals surface area contributed by atoms with E-state index in [1.165, 1.54) is 0 Å². The molecule has 0 aliphatic carbocycles. The molecule has 0 spiro atoms. The first kappa shape index (κ1) is 7.15. The third-order valence-corrected chi connectivity index (χ3v) is 0.625. The first-order valence-corrected chi connectivity index (χ1v) is 2.67. The maximum atomic E-state index is 3.85. The Kier molecular flexibility index (Phi) is 5.50. The van der Waals surface area contributed by atoms with Crippen LogP contribution in [0.2, 0.25) is 0 Å². The fraction of sp³-hybridized carbons (Fsp3) is 0.286. The molecule has 1 nitrogen and oxygen atoms in total. The van der Waals surface area contributed by atoms with Gasteiger partial charge in [-0.1, -0.05) is 12.2 Å². The number of rotatable bonds is 2. The second kappa shape index (κ2) is 6.15. The Morgan fingerprint density at radius 2 is 1.88 bits per heavy atom. The molecule has 0 aromatic carbocycles. The molecule has 0 rings (SSSR count). The van der Waals surface area contributed by atoms with Gasteiger partial charge in [-0.05, 0) is 19.9 Å². The predicted octanol–water partition coefficient (Wildman–Crippen LogP) is 2.17. The molecule has 0 aliphatic heterocycles. The molecule has 0 saturated carbocycles. The molecule has 0 heterocycles. The van der Waals surface area contributed by atoms with Gasteiger partial charge in [0.1, 0.15) is 0 Å². The number of allylic oxidation sites excluding steroid dienone is 3. The van der Waals surface area contributed by atoms with E-state index in [2.05, 4.69) is 4.99 Å². The summed E-state index contributed by atoms with van der Waals surface area (Å²) in [6.45, 7) is 3.86. The average molecular weight is 109 g/mol. The van der Waals surface area contributed by atoms with Crippen LogP contribution in [0.15, 0.2) is 29.4 Å². The third-order valence-electron chi connectivity index (χ3n) is 0.625. The van der Waals surface area contributed by atoms with Gasteiger partial charge in [-0.15, -0.1) is 0 Å². The van der Waals surface area contributed by atoms with Crippen molar-refractivity contribution < 1.29 is 0 Å². The van der Waals surface area contributed by atoms with E-state index in [4.69, 9.17) is 0 Å². The Balaban J connectivity index is 3.35. The zero-order valence-electron chi connectivity index (χ0n) is 5.33. The van der Waals surface area contributed by atoms with E-state index in [-0.39, 0.29) is 0 Å². The SMILES string of the molecule is CC=N/C=C\C=C\C. The molecule has 0 unspecified atom stereocenters. The van der Waals surface area contributed by atoms with Crippen LogP contribution in [-0.2, 0) is 0 Å². The minimum atomic E-state index is 1.75. The van der Waals surface area contributed by atoms with Gasteiger partial charge in [0.25, 0.3) is 0 Å². The molecule has 1 heteroatoms. The van der Waals surface area contributed by atoms with Crippen molar-refractivity contribution in [2.45, 2.75) is 13.8 Å². The number of aliphatic imine (C=N–C) groups is 1. The second-order valence-corrected chi connectivity index (χ2v) is 1.27. The minimum Gasteiger partial charge on any atom is -0.269 e. The maximum Gasteiger partial charge on any atom is 0.0263 e. The summed E-state index contributed by atoms with van der Waals surface area (Å²) in [5.74, 6) is 0. The average Bonchev–Trinajstić information content (AvgIpc) is 1.81. The van der Waals surface area contributed by atoms with E-state index >= 15 is 0 Å². The van der Waals surface area contributed by atoms with E-state index in [9.17, 15) is 0 Å². The van der Waals surface area contributed by atoms with Gasteiger partial charge >= 0.3 is 0 Å². The molecule has 0 fully saturated rings. The topological polar surface area (TPSA) is 12.4 Å². The fourth-order valence-corrected chi connectivity index (χ4v) is 0.297. The van der Waals surface area contributed by atoms with Crippen LogP contribution in [0.1, 0.15) is 13.8 Å². The zero-order valence-corrected chi connectivity index (χ0v) is 5.33. The smallest absolute Gasteiger partial charge is 0.0263 e. The van der Waals surface area contributed by atoms with E-state index in [1.54, 1.807) is 12.4 Å². The van der Waals surface area contributed by atoms with Crippen LogP contribution in [0.25, 0.3) is 0 Å². The third kappa shape index (κ3) is 5.15. The summed E-state index contributed by atoms with van der Waals surface area (Å²) in [6, 6.07) is 0. The van der Waals surface area contributed by atoms with Gasteiger partial charge in [-0.25, -0.2) is 0 Å². The molecule has 0 atom stereocenters. The highest BCUT2D eigenvalue weighted by Crippen LogP contribution is 1.75. The first-order chi connectivity index (χ1) is 3.91. The van der Waals surface area contributed by atoms with Crippen LogP contribution in [0, 0.1) is 0 Å². The van der Waals surface area contributed by atoms with Crippen LogP contribution in [-0.4, -0.2) is 6.21 Å². The summed E-state index contributed by atoms with van der Waals surface area (Å²) >= 11 is 0. The lowest BCUT2D eigenvalue weighted by Crippen LogP contribution is -1.52. The van der Waals surface area contributed by atoms with Crippen molar-refractivity contribution in [2.75, 3.05) is 0 Å². The lowest BCUT2D eigenvalue weighted by atomic mass is 10.5. The number of nitrogens with zero attached hydrogens (tertiary/aromatic N) is 1. The Morgan fingerprint density at radius 1 is 1.12 bits per heavy atom. The number of hydrogen-bond acceptors (Lipinski definition) is 1. The molecule has 0 aromatic rings. The lowest BCUT2D eigenvalue weighted by molar-refractivity contribution is 1.57. The molecule has 0 N–H and O–H groups in total. The van der Waals surface area contributed by atoms with Crippen molar-refractivity contribution in [1.29, 1.82) is 0 Å². The predicted molar refractivity (Wildman–Crippen MR) is 38.1 cm³/mol. The van der Waals surface area contributed by atoms with E-state index in [1.807, 2.05) is 32.1 Å². The standard InChI is InChI=1S/C7H11N/c1-3-5-6-7-8-4-2/h3-7H,1-2H3/b5-3+,7-6-,8-4?. The Labute approximate surface area is 50.4 Å². The summed E-state index contributed by atoms with van der Waals surface area (Å²) in [7, 11) is 0. The molecular formula is C7H11N. The van der Waals surface area contributed by atoms with Gasteiger partial charge in [-0.2, -0.15) is 0 Å². The summed E-state index contributed by atoms with van der Waals surface area (Å²) < 4.78 is 0. The Hall–Kier alpha value is -0.850. The van der Waals surface area contributed by atoms with Gasteiger partial charge in [0.2, 0.25) is 0 Å². The normalized spacial score (nSPS) is 12.8. The molecule has 0 radical (unpaired) electrons. The quantitative estimate of drug-likeness (QED) is 0.380. The largest absolute Gasteiger partial charge is 0.269 e. The molecule has 8 heavy (non-hydrogen) atoms. The van der Waals surface area contributed by atoms with Crippen LogP contribution in [0.5, 0.6) is 0 Å². The van der Waals surface area contributed by atoms with Crippen molar-refractivity contribution in [3.05, 3.63) is 24.4 Å². The van der Waals surface area contributed by atoms with E-state index in [0.717, 1.165) is 0 Å². The van der Waals surface area contributed by atoms with Crippen LogP contribution >= 0.6 is 0 Å². The van der Waals surface area contributed by atoms with Crippen LogP contribution in [0.4, 0.5) is 0 Å². The molecule has 44 valence electrons. The van der Waals surface area contributed by atoms with Gasteiger partial charge < -0.3 is 0 Å². The number of hydrogen-bond donors (Lipinski definition) is 0. The van der Waals surface area contributed by atoms with Crippen molar-refractivity contribution in [1.82, 2.24) is 0 Å². The fourth-order valence-electron chi connectivity index (χ4n) is 0.297. The van der Waals surface area contributed by atoms with Gasteiger partial charge in [0.15, 0.2) is 0 Å². The lowest BCUT2D eigenvalue weighted by Gasteiger charge is -1.69. The van der Waals surface area contributed by atoms with Crippen molar-refractivity contribution in [3.8, 4) is 0 Å². The molecule has 0 saturated heterocycles. The summed E-state index contributed by atoms with van der Waals surface area (Å²) in [6.07, 6.45) is 9.29. The molecule has 0 aliphatic rings. The van der Waals surface area contributed by atoms with Crippen molar-refractivity contribution >= 4 is 6.21 Å². The Morgan fingerprint density at radius 3 is 2.38 bits per heavy atom. The van der Waals surface area contributed by atoms with E-state index < -0.39 is 0 Å². The van der Waals surface area contributed by atoms with Crippen LogP contribution in [0.3, 0.4) is 0 Å². The minimum absolute atomic E-state index is 1.75. The van der Waals surface area contributed by atoms with Crippen LogP contribution < -0.4 is 0 Å². The molecular weight excluding hydrogens is 98.1 g/mol. The highest BCUT2D eigenvalue weighted by Gasteiger charge is 1.55. The highest BCUT2D eigenvalue weighted by molar-refractivity contribution is 5.54. The molecule has 0 aromatic heterocycles. The monoisotopic (exact) mass is 109 g/mol. The Bertz CT molecular complexity index is 95.6. The zero-order chi connectivity index (χ0) is 6.24. The molecule has 0 amide bonds. The first-order valence-electron chi connectivity index (χ1n) is 2.67. The van der Waals surface area contributed by atoms with Crippen molar-refractivity contribution in [3.63, 3.8) is 0 Å². The van der Waals surface area contributed by atoms with Gasteiger partial charge in [-0.3, -0.25) is 4.99 Å². The summed E-state index contributed by atoms with van der Waals surface area (Å²) in [5.41, 5.74) is 0. The highest BCUT2D eigenvalue weighted by atomic mass is 14.6. The van der Waals surface area contributed by atoms with E-state index in [0.29, 0.717) is 0 Å². The maximum absolute atomic E-state index is 3.85. The van der Waals surface area contributed by atoms with Gasteiger partial charge in [0.05, 0.1) is 0 Å². The second-order valence-electron chi connectivity index (χ2n) is 1.27. The summed E-state index contributed by atoms with van der Waals surface area (Å²) in [4.78, 5) is 3.85.